The van der Waals surface area contributed by atoms with Gasteiger partial charge in [0.2, 0.25) is 0 Å². The van der Waals surface area contributed by atoms with E-state index in [-0.39, 0.29) is 6.03 Å². The first-order valence-electron chi connectivity index (χ1n) is 12.8. The number of nitrogens with zero attached hydrogens (tertiary/aromatic N) is 4. The molecular weight excluding hydrogens is 508 g/mol. The number of aromatic nitrogens is 1. The molecule has 4 aromatic rings. The second-order valence-corrected chi connectivity index (χ2v) is 9.35. The Morgan fingerprint density at radius 2 is 1.60 bits per heavy atom. The van der Waals surface area contributed by atoms with E-state index in [1.807, 2.05) is 12.1 Å². The second kappa shape index (κ2) is 12.6. The molecule has 3 aromatic carbocycles. The van der Waals surface area contributed by atoms with Gasteiger partial charge < -0.3 is 26.4 Å². The number of benzene rings is 3. The number of pyridine rings is 1. The molecule has 5 rings (SSSR count). The van der Waals surface area contributed by atoms with E-state index in [2.05, 4.69) is 28.9 Å². The van der Waals surface area contributed by atoms with Crippen LogP contribution in [-0.4, -0.2) is 65.6 Å². The highest BCUT2D eigenvalue weighted by Gasteiger charge is 2.21. The molecule has 0 atom stereocenters. The van der Waals surface area contributed by atoms with Crippen molar-refractivity contribution in [2.45, 2.75) is 6.92 Å². The third kappa shape index (κ3) is 6.65. The Hall–Kier alpha value is -5.12. The number of carbonyl (C=O) groups is 3. The molecule has 0 bridgehead atoms. The summed E-state index contributed by atoms with van der Waals surface area (Å²) in [7, 11) is 0. The minimum absolute atomic E-state index is 0.315. The summed E-state index contributed by atoms with van der Waals surface area (Å²) in [6, 6.07) is 23.5. The Bertz CT molecular complexity index is 1500. The quantitative estimate of drug-likeness (QED) is 0.349. The van der Waals surface area contributed by atoms with Crippen LogP contribution in [0.15, 0.2) is 85.1 Å². The summed E-state index contributed by atoms with van der Waals surface area (Å²) in [5.41, 5.74) is 14.5. The fourth-order valence-corrected chi connectivity index (χ4v) is 4.59. The van der Waals surface area contributed by atoms with Crippen LogP contribution in [-0.2, 0) is 4.79 Å². The van der Waals surface area contributed by atoms with Gasteiger partial charge in [0.15, 0.2) is 0 Å². The van der Waals surface area contributed by atoms with Crippen molar-refractivity contribution in [3.8, 4) is 0 Å². The van der Waals surface area contributed by atoms with Crippen molar-refractivity contribution >= 4 is 45.9 Å². The molecule has 0 unspecified atom stereocenters. The Morgan fingerprint density at radius 3 is 2.25 bits per heavy atom. The molecule has 206 valence electrons. The molecule has 1 saturated heterocycles. The number of aliphatic carboxylic acids is 1. The van der Waals surface area contributed by atoms with Crippen molar-refractivity contribution in [1.82, 2.24) is 9.88 Å². The molecule has 0 spiro atoms. The molecule has 0 aliphatic carbocycles. The van der Waals surface area contributed by atoms with Crippen LogP contribution in [0.4, 0.5) is 22.0 Å². The van der Waals surface area contributed by atoms with Crippen LogP contribution >= 0.6 is 0 Å². The molecule has 1 fully saturated rings. The standard InChI is InChI=1S/C18H15N3O3.C12H17N3O/c19-17-15-10-13(7-6-12(15)8-9-20-17)18(24)21(11-16(22)23)14-4-2-1-3-5-14;1-10-4-2-3-5-11(10)14-6-8-15(9-7-14)12(13)16/h1-10H,11H2,(H2,19,20)(H,22,23);2-5H,6-9H2,1H3,(H2,13,16). The summed E-state index contributed by atoms with van der Waals surface area (Å²) in [6.07, 6.45) is 1.60. The molecule has 0 radical (unpaired) electrons. The maximum atomic E-state index is 12.8. The monoisotopic (exact) mass is 540 g/mol. The fraction of sp³-hybridized carbons (Fsp3) is 0.200. The summed E-state index contributed by atoms with van der Waals surface area (Å²) in [4.78, 5) is 44.2. The molecule has 10 heteroatoms. The predicted molar refractivity (Wildman–Crippen MR) is 156 cm³/mol. The normalized spacial score (nSPS) is 12.8. The lowest BCUT2D eigenvalue weighted by atomic mass is 10.1. The number of aryl methyl sites for hydroxylation is 1. The molecule has 5 N–H and O–H groups in total. The van der Waals surface area contributed by atoms with Crippen molar-refractivity contribution in [3.63, 3.8) is 0 Å². The first kappa shape index (κ1) is 27.9. The smallest absolute Gasteiger partial charge is 0.323 e. The van der Waals surface area contributed by atoms with Gasteiger partial charge >= 0.3 is 12.0 Å². The Labute approximate surface area is 232 Å². The maximum absolute atomic E-state index is 12.8. The number of primary amides is 1. The fourth-order valence-electron chi connectivity index (χ4n) is 4.59. The first-order chi connectivity index (χ1) is 19.2. The van der Waals surface area contributed by atoms with E-state index in [1.165, 1.54) is 16.2 Å². The van der Waals surface area contributed by atoms with Gasteiger partial charge in [0.05, 0.1) is 0 Å². The van der Waals surface area contributed by atoms with E-state index in [0.29, 0.717) is 35.5 Å². The summed E-state index contributed by atoms with van der Waals surface area (Å²) in [5.74, 6) is -1.17. The highest BCUT2D eigenvalue weighted by atomic mass is 16.4. The van der Waals surface area contributed by atoms with Crippen LogP contribution in [0.3, 0.4) is 0 Å². The lowest BCUT2D eigenvalue weighted by Crippen LogP contribution is -2.50. The number of piperazine rings is 1. The van der Waals surface area contributed by atoms with Crippen molar-refractivity contribution in [3.05, 3.63) is 96.2 Å². The molecule has 3 amide bonds. The van der Waals surface area contributed by atoms with Gasteiger partial charge in [0.1, 0.15) is 12.4 Å². The van der Waals surface area contributed by atoms with Crippen LogP contribution in [0.25, 0.3) is 10.8 Å². The van der Waals surface area contributed by atoms with E-state index in [4.69, 9.17) is 16.6 Å². The van der Waals surface area contributed by atoms with E-state index in [1.54, 1.807) is 65.7 Å². The molecule has 1 aliphatic rings. The number of carbonyl (C=O) groups excluding carboxylic acids is 2. The number of nitrogen functional groups attached to an aromatic ring is 1. The molecule has 10 nitrogen and oxygen atoms in total. The number of carboxylic acid groups (broad SMARTS) is 1. The van der Waals surface area contributed by atoms with Crippen molar-refractivity contribution in [2.75, 3.05) is 48.3 Å². The number of hydrogen-bond donors (Lipinski definition) is 3. The van der Waals surface area contributed by atoms with E-state index >= 15 is 0 Å². The number of nitrogens with two attached hydrogens (primary N) is 2. The Morgan fingerprint density at radius 1 is 0.925 bits per heavy atom. The average molecular weight is 541 g/mol. The number of urea groups is 1. The maximum Gasteiger partial charge on any atom is 0.323 e. The number of para-hydroxylation sites is 2. The zero-order valence-corrected chi connectivity index (χ0v) is 22.2. The van der Waals surface area contributed by atoms with E-state index < -0.39 is 18.4 Å². The highest BCUT2D eigenvalue weighted by Crippen LogP contribution is 2.23. The second-order valence-electron chi connectivity index (χ2n) is 9.35. The van der Waals surface area contributed by atoms with Gasteiger partial charge in [-0.2, -0.15) is 0 Å². The average Bonchev–Trinajstić information content (AvgIpc) is 2.97. The van der Waals surface area contributed by atoms with Crippen LogP contribution in [0.2, 0.25) is 0 Å². The number of amides is 3. The molecule has 40 heavy (non-hydrogen) atoms. The van der Waals surface area contributed by atoms with Gasteiger partial charge in [-0.25, -0.2) is 9.78 Å². The lowest BCUT2D eigenvalue weighted by molar-refractivity contribution is -0.135. The van der Waals surface area contributed by atoms with E-state index in [9.17, 15) is 14.4 Å². The zero-order valence-electron chi connectivity index (χ0n) is 22.2. The SMILES string of the molecule is Cc1ccccc1N1CCN(C(N)=O)CC1.Nc1nccc2ccc(C(=O)N(CC(=O)O)c3ccccc3)cc12. The molecule has 1 aromatic heterocycles. The summed E-state index contributed by atoms with van der Waals surface area (Å²) in [5, 5.41) is 10.7. The predicted octanol–water partition coefficient (Wildman–Crippen LogP) is 3.74. The largest absolute Gasteiger partial charge is 0.480 e. The van der Waals surface area contributed by atoms with Gasteiger partial charge in [0, 0.05) is 54.7 Å². The van der Waals surface area contributed by atoms with Gasteiger partial charge in [-0.05, 0) is 54.3 Å². The zero-order chi connectivity index (χ0) is 28.6. The molecular formula is C30H32N6O4. The van der Waals surface area contributed by atoms with E-state index in [0.717, 1.165) is 18.5 Å². The van der Waals surface area contributed by atoms with Crippen molar-refractivity contribution < 1.29 is 19.5 Å². The Kier molecular flexibility index (Phi) is 8.80. The topological polar surface area (TPSA) is 146 Å². The molecule has 0 saturated carbocycles. The minimum Gasteiger partial charge on any atom is -0.480 e. The van der Waals surface area contributed by atoms with Crippen molar-refractivity contribution in [1.29, 1.82) is 0 Å². The highest BCUT2D eigenvalue weighted by molar-refractivity contribution is 6.10. The van der Waals surface area contributed by atoms with Gasteiger partial charge in [-0.15, -0.1) is 0 Å². The van der Waals surface area contributed by atoms with Gasteiger partial charge in [-0.1, -0.05) is 42.5 Å². The lowest BCUT2D eigenvalue weighted by Gasteiger charge is -2.35. The number of rotatable bonds is 5. The van der Waals surface area contributed by atoms with Gasteiger partial charge in [-0.3, -0.25) is 14.5 Å². The van der Waals surface area contributed by atoms with Crippen LogP contribution in [0.5, 0.6) is 0 Å². The third-order valence-corrected chi connectivity index (χ3v) is 6.70. The number of anilines is 3. The minimum atomic E-state index is -1.09. The molecule has 1 aliphatic heterocycles. The van der Waals surface area contributed by atoms with Crippen LogP contribution in [0.1, 0.15) is 15.9 Å². The first-order valence-corrected chi connectivity index (χ1v) is 12.8. The number of hydrogen-bond acceptors (Lipinski definition) is 6. The van der Waals surface area contributed by atoms with Gasteiger partial charge in [0.25, 0.3) is 5.91 Å². The van der Waals surface area contributed by atoms with Crippen molar-refractivity contribution in [2.24, 2.45) is 5.73 Å². The third-order valence-electron chi connectivity index (χ3n) is 6.70. The number of carboxylic acids is 1. The summed E-state index contributed by atoms with van der Waals surface area (Å²) < 4.78 is 0. The summed E-state index contributed by atoms with van der Waals surface area (Å²) in [6.45, 7) is 4.81. The number of fused-ring (bicyclic) bond motifs is 1. The van der Waals surface area contributed by atoms with Crippen LogP contribution in [0, 0.1) is 6.92 Å². The molecule has 2 heterocycles. The Balaban J connectivity index is 0.000000201. The van der Waals surface area contributed by atoms with Crippen LogP contribution < -0.4 is 21.3 Å². The summed E-state index contributed by atoms with van der Waals surface area (Å²) >= 11 is 0.